The number of anilines is 2. The molecule has 1 saturated heterocycles. The maximum atomic E-state index is 13.3. The number of hydrogen-bond donors (Lipinski definition) is 2. The second kappa shape index (κ2) is 11.0. The maximum Gasteiger partial charge on any atom is 0.276 e. The molecule has 0 aliphatic carbocycles. The summed E-state index contributed by atoms with van der Waals surface area (Å²) in [7, 11) is 0. The number of para-hydroxylation sites is 2. The topological polar surface area (TPSA) is 91.0 Å². The van der Waals surface area contributed by atoms with Gasteiger partial charge in [0.1, 0.15) is 11.8 Å². The van der Waals surface area contributed by atoms with E-state index in [1.807, 2.05) is 12.1 Å². The molecule has 1 aliphatic rings. The van der Waals surface area contributed by atoms with Crippen molar-refractivity contribution in [2.75, 3.05) is 16.8 Å². The van der Waals surface area contributed by atoms with Crippen molar-refractivity contribution in [1.82, 2.24) is 10.4 Å². The molecule has 0 bridgehead atoms. The molecule has 1 atom stereocenters. The third-order valence-corrected chi connectivity index (χ3v) is 5.73. The number of hydrogen-bond acceptors (Lipinski definition) is 5. The number of hydrazine groups is 1. The van der Waals surface area contributed by atoms with Gasteiger partial charge in [0.05, 0.1) is 12.1 Å². The van der Waals surface area contributed by atoms with Crippen molar-refractivity contribution in [3.63, 3.8) is 0 Å². The third-order valence-electron chi connectivity index (χ3n) is 5.09. The Morgan fingerprint density at radius 2 is 1.54 bits per heavy atom. The zero-order valence-electron chi connectivity index (χ0n) is 18.4. The van der Waals surface area contributed by atoms with E-state index in [9.17, 15) is 14.4 Å². The van der Waals surface area contributed by atoms with E-state index in [-0.39, 0.29) is 18.1 Å². The van der Waals surface area contributed by atoms with Crippen molar-refractivity contribution in [1.29, 1.82) is 0 Å². The van der Waals surface area contributed by atoms with Crippen LogP contribution in [0.15, 0.2) is 84.9 Å². The highest BCUT2D eigenvalue weighted by atomic mass is 35.5. The first-order valence-electron chi connectivity index (χ1n) is 10.7. The van der Waals surface area contributed by atoms with E-state index in [1.165, 1.54) is 9.91 Å². The molecule has 3 aromatic carbocycles. The number of carbonyl (C=O) groups is 3. The molecule has 3 aromatic rings. The summed E-state index contributed by atoms with van der Waals surface area (Å²) >= 11 is 11.4. The molecule has 0 saturated carbocycles. The minimum atomic E-state index is -1.05. The number of ether oxygens (including phenoxy) is 1. The van der Waals surface area contributed by atoms with Crippen LogP contribution < -0.4 is 20.4 Å². The molecule has 0 spiro atoms. The molecule has 1 fully saturated rings. The van der Waals surface area contributed by atoms with Gasteiger partial charge in [0.15, 0.2) is 6.61 Å². The molecule has 4 rings (SSSR count). The normalized spacial score (nSPS) is 15.2. The summed E-state index contributed by atoms with van der Waals surface area (Å²) in [6, 6.07) is 23.2. The van der Waals surface area contributed by atoms with E-state index in [0.717, 1.165) is 0 Å². The predicted octanol–water partition coefficient (Wildman–Crippen LogP) is 3.78. The first kappa shape index (κ1) is 24.2. The van der Waals surface area contributed by atoms with Gasteiger partial charge in [-0.15, -0.1) is 0 Å². The Morgan fingerprint density at radius 1 is 0.914 bits per heavy atom. The van der Waals surface area contributed by atoms with Gasteiger partial charge in [-0.2, -0.15) is 0 Å². The van der Waals surface area contributed by atoms with Crippen LogP contribution in [-0.4, -0.2) is 40.5 Å². The number of amides is 3. The Kier molecular flexibility index (Phi) is 7.59. The summed E-state index contributed by atoms with van der Waals surface area (Å²) in [4.78, 5) is 40.0. The summed E-state index contributed by atoms with van der Waals surface area (Å²) in [5.41, 5.74) is 3.68. The lowest BCUT2D eigenvalue weighted by atomic mass is 10.1. The van der Waals surface area contributed by atoms with Crippen LogP contribution in [0.5, 0.6) is 5.75 Å². The van der Waals surface area contributed by atoms with Crippen molar-refractivity contribution in [3.05, 3.63) is 90.0 Å². The van der Waals surface area contributed by atoms with E-state index >= 15 is 0 Å². The lowest BCUT2D eigenvalue weighted by Gasteiger charge is -2.24. The molecule has 2 N–H and O–H groups in total. The number of carbonyl (C=O) groups excluding carboxylic acids is 3. The summed E-state index contributed by atoms with van der Waals surface area (Å²) in [6.07, 6.45) is -0.245. The number of rotatable bonds is 8. The molecule has 3 amide bonds. The summed E-state index contributed by atoms with van der Waals surface area (Å²) < 4.78 is 5.49. The number of benzene rings is 3. The first-order chi connectivity index (χ1) is 16.9. The lowest BCUT2D eigenvalue weighted by Crippen LogP contribution is -2.51. The van der Waals surface area contributed by atoms with Gasteiger partial charge in [-0.1, -0.05) is 48.0 Å². The number of halogens is 1. The summed E-state index contributed by atoms with van der Waals surface area (Å²) in [5.74, 6) is -0.866. The average molecular weight is 509 g/mol. The minimum absolute atomic E-state index is 0.0542. The quantitative estimate of drug-likeness (QED) is 0.450. The van der Waals surface area contributed by atoms with E-state index in [4.69, 9.17) is 28.6 Å². The minimum Gasteiger partial charge on any atom is -0.484 e. The van der Waals surface area contributed by atoms with Crippen molar-refractivity contribution in [3.8, 4) is 5.75 Å². The zero-order chi connectivity index (χ0) is 24.8. The first-order valence-corrected chi connectivity index (χ1v) is 11.5. The monoisotopic (exact) mass is 508 g/mol. The van der Waals surface area contributed by atoms with Crippen molar-refractivity contribution in [2.24, 2.45) is 0 Å². The second-order valence-corrected chi connectivity index (χ2v) is 8.38. The Labute approximate surface area is 212 Å². The Balaban J connectivity index is 1.50. The molecule has 10 heteroatoms. The van der Waals surface area contributed by atoms with Crippen LogP contribution >= 0.6 is 23.8 Å². The molecule has 8 nitrogen and oxygen atoms in total. The summed E-state index contributed by atoms with van der Waals surface area (Å²) in [5, 5.41) is 4.56. The zero-order valence-corrected chi connectivity index (χ0v) is 20.0. The third kappa shape index (κ3) is 5.95. The van der Waals surface area contributed by atoms with Crippen molar-refractivity contribution >= 4 is 58.0 Å². The highest BCUT2D eigenvalue weighted by Gasteiger charge is 2.45. The van der Waals surface area contributed by atoms with E-state index in [1.54, 1.807) is 72.8 Å². The number of nitrogens with one attached hydrogen (secondary N) is 2. The molecular formula is C25H21ClN4O4S. The molecule has 0 radical (unpaired) electrons. The second-order valence-electron chi connectivity index (χ2n) is 7.57. The van der Waals surface area contributed by atoms with Crippen LogP contribution in [0.25, 0.3) is 0 Å². The van der Waals surface area contributed by atoms with E-state index < -0.39 is 23.8 Å². The van der Waals surface area contributed by atoms with Crippen LogP contribution in [0.2, 0.25) is 5.02 Å². The fourth-order valence-electron chi connectivity index (χ4n) is 3.47. The van der Waals surface area contributed by atoms with E-state index in [0.29, 0.717) is 22.1 Å². The summed E-state index contributed by atoms with van der Waals surface area (Å²) in [6.45, 7) is -0.299. The van der Waals surface area contributed by atoms with Crippen molar-refractivity contribution < 1.29 is 19.1 Å². The van der Waals surface area contributed by atoms with E-state index in [2.05, 4.69) is 10.7 Å². The van der Waals surface area contributed by atoms with Gasteiger partial charge in [-0.25, -0.2) is 5.01 Å². The fraction of sp³-hybridized carbons (Fsp3) is 0.120. The SMILES string of the molecule is O=C(CC1C(=O)N(c2ccccc2)C(=S)N1NC(=O)COc1ccccc1)Nc1ccc(Cl)cc1. The Hall–Kier alpha value is -3.95. The number of thiocarbonyl (C=S) groups is 1. The van der Waals surface area contributed by atoms with Crippen LogP contribution in [0.4, 0.5) is 11.4 Å². The standard InChI is InChI=1S/C25H21ClN4O4S/c26-17-11-13-18(14-12-17)27-22(31)15-21-24(33)29(19-7-3-1-4-8-19)25(35)30(21)28-23(32)16-34-20-9-5-2-6-10-20/h1-14,21H,15-16H2,(H,27,31)(H,28,32). The molecule has 178 valence electrons. The average Bonchev–Trinajstić information content (AvgIpc) is 3.09. The molecular weight excluding hydrogens is 488 g/mol. The van der Waals surface area contributed by atoms with Gasteiger partial charge in [0, 0.05) is 10.7 Å². The van der Waals surface area contributed by atoms with Gasteiger partial charge < -0.3 is 10.1 Å². The molecule has 1 aliphatic heterocycles. The fourth-order valence-corrected chi connectivity index (χ4v) is 3.96. The largest absolute Gasteiger partial charge is 0.484 e. The maximum absolute atomic E-state index is 13.3. The van der Waals surface area contributed by atoms with Gasteiger partial charge >= 0.3 is 0 Å². The van der Waals surface area contributed by atoms with Gasteiger partial charge in [0.2, 0.25) is 11.0 Å². The highest BCUT2D eigenvalue weighted by Crippen LogP contribution is 2.26. The molecule has 1 heterocycles. The van der Waals surface area contributed by atoms with Crippen molar-refractivity contribution in [2.45, 2.75) is 12.5 Å². The molecule has 1 unspecified atom stereocenters. The van der Waals surface area contributed by atoms with Crippen LogP contribution in [-0.2, 0) is 14.4 Å². The molecule has 0 aromatic heterocycles. The lowest BCUT2D eigenvalue weighted by molar-refractivity contribution is -0.130. The van der Waals surface area contributed by atoms with Crippen LogP contribution in [0.3, 0.4) is 0 Å². The molecule has 35 heavy (non-hydrogen) atoms. The highest BCUT2D eigenvalue weighted by molar-refractivity contribution is 7.80. The predicted molar refractivity (Wildman–Crippen MR) is 137 cm³/mol. The van der Waals surface area contributed by atoms with Gasteiger partial charge in [0.25, 0.3) is 11.8 Å². The van der Waals surface area contributed by atoms with Gasteiger partial charge in [-0.05, 0) is 60.7 Å². The smallest absolute Gasteiger partial charge is 0.276 e. The Morgan fingerprint density at radius 3 is 2.20 bits per heavy atom. The van der Waals surface area contributed by atoms with Crippen LogP contribution in [0, 0.1) is 0 Å². The Bertz CT molecular complexity index is 1230. The number of nitrogens with zero attached hydrogens (tertiary/aromatic N) is 2. The van der Waals surface area contributed by atoms with Gasteiger partial charge in [-0.3, -0.25) is 24.7 Å². The van der Waals surface area contributed by atoms with Crippen LogP contribution in [0.1, 0.15) is 6.42 Å².